The summed E-state index contributed by atoms with van der Waals surface area (Å²) in [5.41, 5.74) is 7.01. The number of benzene rings is 2. The molecule has 2 rings (SSSR count). The Morgan fingerprint density at radius 1 is 1.04 bits per heavy atom. The fraction of sp³-hybridized carbons (Fsp3) is 0.176. The van der Waals surface area contributed by atoms with Crippen molar-refractivity contribution in [2.24, 2.45) is 0 Å². The van der Waals surface area contributed by atoms with Gasteiger partial charge in [0.25, 0.3) is 0 Å². The van der Waals surface area contributed by atoms with E-state index in [-0.39, 0.29) is 12.2 Å². The second-order valence-corrected chi connectivity index (χ2v) is 4.81. The molecule has 0 saturated heterocycles. The summed E-state index contributed by atoms with van der Waals surface area (Å²) in [5, 5.41) is 2.65. The Balaban J connectivity index is 2.09. The van der Waals surface area contributed by atoms with E-state index in [0.717, 1.165) is 0 Å². The van der Waals surface area contributed by atoms with Crippen molar-refractivity contribution >= 4 is 23.1 Å². The molecule has 2 aromatic rings. The molecule has 120 valence electrons. The molecule has 0 aliphatic carbocycles. The molecule has 6 heteroatoms. The highest BCUT2D eigenvalue weighted by atomic mass is 16.5. The highest BCUT2D eigenvalue weighted by Gasteiger charge is 2.16. The Morgan fingerprint density at radius 3 is 2.43 bits per heavy atom. The number of carbonyl (C=O) groups excluding carboxylic acids is 2. The van der Waals surface area contributed by atoms with Crippen molar-refractivity contribution in [2.45, 2.75) is 6.42 Å². The second-order valence-electron chi connectivity index (χ2n) is 4.81. The Kier molecular flexibility index (Phi) is 5.19. The lowest BCUT2D eigenvalue weighted by Crippen LogP contribution is -2.17. The minimum absolute atomic E-state index is 0.298. The number of anilines is 2. The van der Waals surface area contributed by atoms with Gasteiger partial charge in [0.05, 0.1) is 31.9 Å². The number of amides is 1. The maximum Gasteiger partial charge on any atom is 0.232 e. The average molecular weight is 314 g/mol. The molecular weight excluding hydrogens is 296 g/mol. The van der Waals surface area contributed by atoms with E-state index in [4.69, 9.17) is 15.2 Å². The van der Waals surface area contributed by atoms with Gasteiger partial charge in [0, 0.05) is 11.8 Å². The van der Waals surface area contributed by atoms with Crippen molar-refractivity contribution in [1.29, 1.82) is 0 Å². The highest BCUT2D eigenvalue weighted by Crippen LogP contribution is 2.27. The van der Waals surface area contributed by atoms with Crippen molar-refractivity contribution in [3.63, 3.8) is 0 Å². The van der Waals surface area contributed by atoms with Crippen LogP contribution >= 0.6 is 0 Å². The van der Waals surface area contributed by atoms with Crippen molar-refractivity contribution in [3.05, 3.63) is 48.0 Å². The number of nitrogen functional groups attached to an aromatic ring is 1. The number of hydrogen-bond acceptors (Lipinski definition) is 5. The Labute approximate surface area is 134 Å². The Morgan fingerprint density at radius 2 is 1.74 bits per heavy atom. The lowest BCUT2D eigenvalue weighted by molar-refractivity contribution is -0.115. The second kappa shape index (κ2) is 7.31. The third-order valence-electron chi connectivity index (χ3n) is 3.23. The van der Waals surface area contributed by atoms with Crippen molar-refractivity contribution < 1.29 is 19.1 Å². The predicted octanol–water partition coefficient (Wildman–Crippen LogP) is 2.50. The summed E-state index contributed by atoms with van der Waals surface area (Å²) in [6.07, 6.45) is -0.298. The minimum atomic E-state index is -0.441. The van der Waals surface area contributed by atoms with Crippen molar-refractivity contribution in [2.75, 3.05) is 25.3 Å². The summed E-state index contributed by atoms with van der Waals surface area (Å²) in [6.45, 7) is 0. The molecular formula is C17H18N2O4. The maximum absolute atomic E-state index is 12.2. The number of methoxy groups -OCH3 is 2. The minimum Gasteiger partial charge on any atom is -0.496 e. The molecule has 6 nitrogen and oxygen atoms in total. The number of ketones is 1. The monoisotopic (exact) mass is 314 g/mol. The van der Waals surface area contributed by atoms with Gasteiger partial charge >= 0.3 is 0 Å². The van der Waals surface area contributed by atoms with E-state index in [9.17, 15) is 9.59 Å². The smallest absolute Gasteiger partial charge is 0.232 e. The predicted molar refractivity (Wildman–Crippen MR) is 88.0 cm³/mol. The van der Waals surface area contributed by atoms with Gasteiger partial charge in [-0.25, -0.2) is 0 Å². The molecule has 0 aliphatic rings. The number of hydrogen-bond donors (Lipinski definition) is 2. The summed E-state index contributed by atoms with van der Waals surface area (Å²) >= 11 is 0. The summed E-state index contributed by atoms with van der Waals surface area (Å²) < 4.78 is 10.3. The third-order valence-corrected chi connectivity index (χ3v) is 3.23. The van der Waals surface area contributed by atoms with Crippen LogP contribution < -0.4 is 20.5 Å². The van der Waals surface area contributed by atoms with E-state index in [1.165, 1.54) is 14.2 Å². The lowest BCUT2D eigenvalue weighted by Gasteiger charge is -2.11. The van der Waals surface area contributed by atoms with Crippen LogP contribution in [0.3, 0.4) is 0 Å². The van der Waals surface area contributed by atoms with Gasteiger partial charge in [-0.15, -0.1) is 0 Å². The molecule has 0 spiro atoms. The van der Waals surface area contributed by atoms with E-state index < -0.39 is 5.91 Å². The SMILES string of the molecule is COc1cc(N)ccc1NC(=O)CC(=O)c1ccccc1OC. The van der Waals surface area contributed by atoms with Crippen LogP contribution in [0.5, 0.6) is 11.5 Å². The van der Waals surface area contributed by atoms with Crippen LogP contribution in [0.25, 0.3) is 0 Å². The zero-order chi connectivity index (χ0) is 16.8. The van der Waals surface area contributed by atoms with E-state index in [1.807, 2.05) is 0 Å². The van der Waals surface area contributed by atoms with Gasteiger partial charge in [0.2, 0.25) is 5.91 Å². The fourth-order valence-corrected chi connectivity index (χ4v) is 2.12. The van der Waals surface area contributed by atoms with Gasteiger partial charge in [-0.05, 0) is 24.3 Å². The number of Topliss-reactive ketones (excluding diaryl/α,β-unsaturated/α-hetero) is 1. The van der Waals surface area contributed by atoms with Crippen LogP contribution in [0, 0.1) is 0 Å². The molecule has 3 N–H and O–H groups in total. The number of ether oxygens (including phenoxy) is 2. The van der Waals surface area contributed by atoms with E-state index in [0.29, 0.717) is 28.4 Å². The van der Waals surface area contributed by atoms with Crippen LogP contribution in [-0.2, 0) is 4.79 Å². The molecule has 1 amide bonds. The van der Waals surface area contributed by atoms with Gasteiger partial charge in [0.15, 0.2) is 5.78 Å². The summed E-state index contributed by atoms with van der Waals surface area (Å²) in [4.78, 5) is 24.3. The number of rotatable bonds is 6. The fourth-order valence-electron chi connectivity index (χ4n) is 2.12. The zero-order valence-electron chi connectivity index (χ0n) is 13.0. The number of para-hydroxylation sites is 1. The van der Waals surface area contributed by atoms with Crippen LogP contribution in [0.15, 0.2) is 42.5 Å². The molecule has 23 heavy (non-hydrogen) atoms. The van der Waals surface area contributed by atoms with Crippen LogP contribution in [0.2, 0.25) is 0 Å². The van der Waals surface area contributed by atoms with E-state index in [1.54, 1.807) is 42.5 Å². The average Bonchev–Trinajstić information content (AvgIpc) is 2.56. The summed E-state index contributed by atoms with van der Waals surface area (Å²) in [7, 11) is 2.95. The van der Waals surface area contributed by atoms with Crippen LogP contribution in [0.1, 0.15) is 16.8 Å². The first-order valence-corrected chi connectivity index (χ1v) is 6.94. The maximum atomic E-state index is 12.2. The highest BCUT2D eigenvalue weighted by molar-refractivity contribution is 6.12. The summed E-state index contributed by atoms with van der Waals surface area (Å²) in [6, 6.07) is 11.6. The molecule has 0 radical (unpaired) electrons. The third kappa shape index (κ3) is 4.00. The van der Waals surface area contributed by atoms with Gasteiger partial charge in [-0.1, -0.05) is 12.1 Å². The molecule has 0 saturated carbocycles. The van der Waals surface area contributed by atoms with Gasteiger partial charge in [-0.3, -0.25) is 9.59 Å². The van der Waals surface area contributed by atoms with Crippen molar-refractivity contribution in [1.82, 2.24) is 0 Å². The molecule has 0 aliphatic heterocycles. The molecule has 2 aromatic carbocycles. The number of nitrogens with two attached hydrogens (primary N) is 1. The van der Waals surface area contributed by atoms with E-state index >= 15 is 0 Å². The Bertz CT molecular complexity index is 728. The normalized spacial score (nSPS) is 10.0. The molecule has 0 fully saturated rings. The van der Waals surface area contributed by atoms with Crippen molar-refractivity contribution in [3.8, 4) is 11.5 Å². The topological polar surface area (TPSA) is 90.6 Å². The first-order chi connectivity index (χ1) is 11.0. The van der Waals surface area contributed by atoms with Gasteiger partial charge < -0.3 is 20.5 Å². The first kappa shape index (κ1) is 16.4. The molecule has 0 bridgehead atoms. The molecule has 0 aromatic heterocycles. The molecule has 0 unspecified atom stereocenters. The van der Waals surface area contributed by atoms with Gasteiger partial charge in [0.1, 0.15) is 11.5 Å². The first-order valence-electron chi connectivity index (χ1n) is 6.94. The largest absolute Gasteiger partial charge is 0.496 e. The van der Waals surface area contributed by atoms with Gasteiger partial charge in [-0.2, -0.15) is 0 Å². The lowest BCUT2D eigenvalue weighted by atomic mass is 10.1. The zero-order valence-corrected chi connectivity index (χ0v) is 13.0. The number of nitrogens with one attached hydrogen (secondary N) is 1. The van der Waals surface area contributed by atoms with Crippen LogP contribution in [-0.4, -0.2) is 25.9 Å². The Hall–Kier alpha value is -3.02. The standard InChI is InChI=1S/C17H18N2O4/c1-22-15-6-4-3-5-12(15)14(20)10-17(21)19-13-8-7-11(18)9-16(13)23-2/h3-9H,10,18H2,1-2H3,(H,19,21). The number of carbonyl (C=O) groups is 2. The summed E-state index contributed by atoms with van der Waals surface area (Å²) in [5.74, 6) is 0.108. The van der Waals surface area contributed by atoms with Crippen LogP contribution in [0.4, 0.5) is 11.4 Å². The van der Waals surface area contributed by atoms with E-state index in [2.05, 4.69) is 5.32 Å². The molecule has 0 heterocycles. The quantitative estimate of drug-likeness (QED) is 0.485. The molecule has 0 atom stereocenters.